The molecule has 0 unspecified atom stereocenters. The fraction of sp³-hybridized carbons (Fsp3) is 0.786. The van der Waals surface area contributed by atoms with E-state index in [4.69, 9.17) is 14.2 Å². The average molecular weight is 447 g/mol. The molecule has 2 saturated heterocycles. The van der Waals surface area contributed by atoms with Crippen LogP contribution in [-0.2, 0) is 20.8 Å². The highest BCUT2D eigenvalue weighted by Crippen LogP contribution is 2.45. The number of hydrogen-bond acceptors (Lipinski definition) is 4. The number of benzene rings is 1. The molecule has 182 valence electrons. The van der Waals surface area contributed by atoms with E-state index in [0.717, 1.165) is 45.1 Å². The highest BCUT2D eigenvalue weighted by atomic mass is 16.7. The van der Waals surface area contributed by atoms with Gasteiger partial charge in [-0.2, -0.15) is 0 Å². The van der Waals surface area contributed by atoms with Gasteiger partial charge in [0.25, 0.3) is 0 Å². The fourth-order valence-corrected chi connectivity index (χ4v) is 5.39. The summed E-state index contributed by atoms with van der Waals surface area (Å²) in [6.07, 6.45) is 9.07. The Morgan fingerprint density at radius 3 is 2.47 bits per heavy atom. The zero-order valence-corrected chi connectivity index (χ0v) is 20.8. The molecule has 0 saturated carbocycles. The van der Waals surface area contributed by atoms with Gasteiger partial charge < -0.3 is 19.3 Å². The van der Waals surface area contributed by atoms with Crippen molar-refractivity contribution >= 4 is 0 Å². The van der Waals surface area contributed by atoms with E-state index in [0.29, 0.717) is 30.3 Å². The lowest BCUT2D eigenvalue weighted by molar-refractivity contribution is -0.338. The topological polar surface area (TPSA) is 47.9 Å². The monoisotopic (exact) mass is 446 g/mol. The second-order valence-electron chi connectivity index (χ2n) is 10.7. The van der Waals surface area contributed by atoms with Gasteiger partial charge in [0.05, 0.1) is 18.8 Å². The first-order valence-electron chi connectivity index (χ1n) is 13.0. The third-order valence-corrected chi connectivity index (χ3v) is 7.75. The largest absolute Gasteiger partial charge is 0.396 e. The fourth-order valence-electron chi connectivity index (χ4n) is 5.39. The van der Waals surface area contributed by atoms with Crippen LogP contribution in [0.5, 0.6) is 0 Å². The number of aliphatic hydroxyl groups excluding tert-OH is 1. The maximum absolute atomic E-state index is 9.39. The van der Waals surface area contributed by atoms with Gasteiger partial charge in [-0.25, -0.2) is 0 Å². The first-order valence-corrected chi connectivity index (χ1v) is 13.0. The summed E-state index contributed by atoms with van der Waals surface area (Å²) in [6, 6.07) is 10.4. The van der Waals surface area contributed by atoms with Crippen LogP contribution in [0, 0.1) is 23.7 Å². The first-order chi connectivity index (χ1) is 15.4. The Morgan fingerprint density at radius 2 is 1.75 bits per heavy atom. The van der Waals surface area contributed by atoms with Gasteiger partial charge >= 0.3 is 0 Å². The van der Waals surface area contributed by atoms with E-state index in [1.807, 2.05) is 6.07 Å². The molecule has 3 rings (SSSR count). The van der Waals surface area contributed by atoms with Gasteiger partial charge in [0, 0.05) is 26.1 Å². The summed E-state index contributed by atoms with van der Waals surface area (Å²) in [5.41, 5.74) is 1.23. The van der Waals surface area contributed by atoms with Crippen molar-refractivity contribution in [3.8, 4) is 0 Å². The maximum Gasteiger partial charge on any atom is 0.169 e. The Labute approximate surface area is 196 Å². The van der Waals surface area contributed by atoms with Crippen molar-refractivity contribution in [2.45, 2.75) is 104 Å². The normalized spacial score (nSPS) is 32.7. The second kappa shape index (κ2) is 12.5. The van der Waals surface area contributed by atoms with Crippen molar-refractivity contribution in [1.29, 1.82) is 0 Å². The Morgan fingerprint density at radius 1 is 1.03 bits per heavy atom. The van der Waals surface area contributed by atoms with Gasteiger partial charge in [-0.3, -0.25) is 0 Å². The molecule has 2 heterocycles. The van der Waals surface area contributed by atoms with E-state index in [1.54, 1.807) is 0 Å². The van der Waals surface area contributed by atoms with E-state index in [9.17, 15) is 5.11 Å². The second-order valence-corrected chi connectivity index (χ2v) is 10.7. The van der Waals surface area contributed by atoms with Gasteiger partial charge in [-0.15, -0.1) is 0 Å². The molecule has 32 heavy (non-hydrogen) atoms. The van der Waals surface area contributed by atoms with Gasteiger partial charge in [0.1, 0.15) is 0 Å². The minimum absolute atomic E-state index is 0.244. The predicted molar refractivity (Wildman–Crippen MR) is 129 cm³/mol. The molecule has 1 N–H and O–H groups in total. The van der Waals surface area contributed by atoms with Crippen LogP contribution in [0.15, 0.2) is 30.3 Å². The molecule has 7 atom stereocenters. The first kappa shape index (κ1) is 25.7. The van der Waals surface area contributed by atoms with Crippen LogP contribution < -0.4 is 0 Å². The number of hydrogen-bond donors (Lipinski definition) is 1. The molecule has 0 aliphatic carbocycles. The summed E-state index contributed by atoms with van der Waals surface area (Å²) in [5, 5.41) is 9.39. The molecule has 2 aliphatic rings. The van der Waals surface area contributed by atoms with E-state index in [1.165, 1.54) is 18.4 Å². The lowest BCUT2D eigenvalue weighted by Crippen LogP contribution is -2.53. The molecule has 2 fully saturated rings. The van der Waals surface area contributed by atoms with Crippen molar-refractivity contribution in [2.75, 3.05) is 13.2 Å². The summed E-state index contributed by atoms with van der Waals surface area (Å²) in [4.78, 5) is 0. The van der Waals surface area contributed by atoms with E-state index >= 15 is 0 Å². The number of aliphatic hydroxyl groups is 1. The molecule has 1 spiro atoms. The van der Waals surface area contributed by atoms with Crippen molar-refractivity contribution in [2.24, 2.45) is 23.7 Å². The molecule has 1 aromatic carbocycles. The molecule has 4 heteroatoms. The van der Waals surface area contributed by atoms with Gasteiger partial charge in [0.2, 0.25) is 0 Å². The minimum Gasteiger partial charge on any atom is -0.396 e. The van der Waals surface area contributed by atoms with Gasteiger partial charge in [-0.1, -0.05) is 58.0 Å². The smallest absolute Gasteiger partial charge is 0.169 e. The molecule has 0 amide bonds. The summed E-state index contributed by atoms with van der Waals surface area (Å²) in [5.74, 6) is 1.57. The molecule has 0 aromatic heterocycles. The van der Waals surface area contributed by atoms with Crippen LogP contribution in [-0.4, -0.2) is 36.3 Å². The predicted octanol–water partition coefficient (Wildman–Crippen LogP) is 6.35. The minimum atomic E-state index is -0.394. The Bertz CT molecular complexity index is 646. The third-order valence-electron chi connectivity index (χ3n) is 7.75. The van der Waals surface area contributed by atoms with Crippen molar-refractivity contribution in [1.82, 2.24) is 0 Å². The standard InChI is InChI=1S/C28H46O4/c1-21(19-29)12-13-26-22(2)14-16-28(31-26)17-15-24(4)27(32-28)23(3)9-8-18-30-20-25-10-6-5-7-11-25/h5-7,10-11,21-24,26-27,29H,8-9,12-20H2,1-4H3/t21-,22+,23+,24-,26-,27-,28+/m0/s1. The van der Waals surface area contributed by atoms with Crippen LogP contribution in [0.2, 0.25) is 0 Å². The molecular formula is C28H46O4. The van der Waals surface area contributed by atoms with Crippen LogP contribution in [0.1, 0.15) is 84.6 Å². The van der Waals surface area contributed by atoms with E-state index in [2.05, 4.69) is 52.0 Å². The quantitative estimate of drug-likeness (QED) is 0.402. The summed E-state index contributed by atoms with van der Waals surface area (Å²) >= 11 is 0. The van der Waals surface area contributed by atoms with Crippen LogP contribution in [0.3, 0.4) is 0 Å². The average Bonchev–Trinajstić information content (AvgIpc) is 2.81. The lowest BCUT2D eigenvalue weighted by atomic mass is 9.80. The Hall–Kier alpha value is -0.940. The molecule has 4 nitrogen and oxygen atoms in total. The number of ether oxygens (including phenoxy) is 3. The Kier molecular flexibility index (Phi) is 10.0. The molecular weight excluding hydrogens is 400 g/mol. The summed E-state index contributed by atoms with van der Waals surface area (Å²) in [7, 11) is 0. The highest BCUT2D eigenvalue weighted by Gasteiger charge is 2.47. The van der Waals surface area contributed by atoms with Crippen molar-refractivity contribution in [3.63, 3.8) is 0 Å². The third kappa shape index (κ3) is 7.28. The van der Waals surface area contributed by atoms with Crippen LogP contribution >= 0.6 is 0 Å². The highest BCUT2D eigenvalue weighted by molar-refractivity contribution is 5.13. The summed E-state index contributed by atoms with van der Waals surface area (Å²) in [6.45, 7) is 10.8. The molecule has 2 aliphatic heterocycles. The maximum atomic E-state index is 9.39. The van der Waals surface area contributed by atoms with Gasteiger partial charge in [0.15, 0.2) is 5.79 Å². The lowest BCUT2D eigenvalue weighted by Gasteiger charge is -2.51. The molecule has 0 bridgehead atoms. The number of rotatable bonds is 11. The SMILES string of the molecule is C[C@H](CO)CC[C@@H]1O[C@@]2(CC[C@H]1C)CC[C@H](C)[C@H]([C@H](C)CCCOCc1ccccc1)O2. The molecule has 0 radical (unpaired) electrons. The van der Waals surface area contributed by atoms with E-state index < -0.39 is 5.79 Å². The van der Waals surface area contributed by atoms with Crippen molar-refractivity contribution < 1.29 is 19.3 Å². The zero-order valence-electron chi connectivity index (χ0n) is 20.8. The zero-order chi connectivity index (χ0) is 23.0. The Balaban J connectivity index is 1.46. The van der Waals surface area contributed by atoms with Crippen LogP contribution in [0.25, 0.3) is 0 Å². The van der Waals surface area contributed by atoms with Gasteiger partial charge in [-0.05, 0) is 67.8 Å². The van der Waals surface area contributed by atoms with E-state index in [-0.39, 0.29) is 18.8 Å². The van der Waals surface area contributed by atoms with Crippen molar-refractivity contribution in [3.05, 3.63) is 35.9 Å². The molecule has 1 aromatic rings. The van der Waals surface area contributed by atoms with Crippen LogP contribution in [0.4, 0.5) is 0 Å². The summed E-state index contributed by atoms with van der Waals surface area (Å²) < 4.78 is 19.4.